The Morgan fingerprint density at radius 1 is 1.08 bits per heavy atom. The van der Waals surface area contributed by atoms with Crippen molar-refractivity contribution in [3.63, 3.8) is 0 Å². The maximum atomic E-state index is 15.0. The third kappa shape index (κ3) is 4.18. The largest absolute Gasteiger partial charge is 0.353 e. The van der Waals surface area contributed by atoms with Gasteiger partial charge in [-0.15, -0.1) is 0 Å². The number of rotatable bonds is 7. The molecule has 6 rings (SSSR count). The molecule has 1 N–H and O–H groups in total. The molecule has 10 heteroatoms. The second kappa shape index (κ2) is 9.96. The van der Waals surface area contributed by atoms with Crippen molar-refractivity contribution in [1.29, 1.82) is 0 Å². The van der Waals surface area contributed by atoms with Crippen LogP contribution in [0.25, 0.3) is 22.2 Å². The second-order valence-corrected chi connectivity index (χ2v) is 10.4. The molecule has 7 nitrogen and oxygen atoms in total. The molecule has 0 amide bonds. The van der Waals surface area contributed by atoms with E-state index in [1.807, 2.05) is 0 Å². The van der Waals surface area contributed by atoms with Gasteiger partial charge in [-0.1, -0.05) is 32.0 Å². The number of halogens is 3. The number of nitrogens with one attached hydrogen (secondary N) is 1. The van der Waals surface area contributed by atoms with Crippen molar-refractivity contribution in [3.8, 4) is 11.3 Å². The third-order valence-corrected chi connectivity index (χ3v) is 8.31. The van der Waals surface area contributed by atoms with Crippen LogP contribution >= 0.6 is 0 Å². The van der Waals surface area contributed by atoms with Gasteiger partial charge in [-0.2, -0.15) is 4.98 Å². The Labute approximate surface area is 221 Å². The Kier molecular flexibility index (Phi) is 6.63. The molecule has 0 bridgehead atoms. The normalized spacial score (nSPS) is 19.3. The van der Waals surface area contributed by atoms with E-state index in [2.05, 4.69) is 38.8 Å². The number of aromatic nitrogens is 3. The van der Waals surface area contributed by atoms with Gasteiger partial charge in [-0.05, 0) is 25.1 Å². The maximum Gasteiger partial charge on any atom is 0.274 e. The summed E-state index contributed by atoms with van der Waals surface area (Å²) >= 11 is 0. The first-order chi connectivity index (χ1) is 18.4. The second-order valence-electron chi connectivity index (χ2n) is 10.4. The highest BCUT2D eigenvalue weighted by molar-refractivity contribution is 5.95. The summed E-state index contributed by atoms with van der Waals surface area (Å²) < 4.78 is 44.8. The predicted octanol–water partition coefficient (Wildman–Crippen LogP) is 4.14. The third-order valence-electron chi connectivity index (χ3n) is 8.31. The van der Waals surface area contributed by atoms with Gasteiger partial charge in [0.2, 0.25) is 5.95 Å². The first-order valence-electron chi connectivity index (χ1n) is 13.7. The highest BCUT2D eigenvalue weighted by atomic mass is 19.3. The molecule has 0 radical (unpaired) electrons. The Hall–Kier alpha value is -2.98. The first-order valence-corrected chi connectivity index (χ1v) is 13.7. The molecule has 2 aromatic heterocycles. The lowest BCUT2D eigenvalue weighted by Gasteiger charge is -2.45. The summed E-state index contributed by atoms with van der Waals surface area (Å²) in [7, 11) is 0. The molecule has 0 saturated carbocycles. The van der Waals surface area contributed by atoms with Gasteiger partial charge >= 0.3 is 0 Å². The lowest BCUT2D eigenvalue weighted by Crippen LogP contribution is -2.60. The fourth-order valence-electron chi connectivity index (χ4n) is 6.18. The Morgan fingerprint density at radius 2 is 1.84 bits per heavy atom. The van der Waals surface area contributed by atoms with E-state index in [1.165, 1.54) is 0 Å². The molecule has 2 saturated heterocycles. The van der Waals surface area contributed by atoms with Crippen LogP contribution in [0.15, 0.2) is 24.4 Å². The van der Waals surface area contributed by atoms with Crippen molar-refractivity contribution in [2.75, 3.05) is 62.2 Å². The topological polar surface area (TPSA) is 60.4 Å². The van der Waals surface area contributed by atoms with Crippen LogP contribution in [0.4, 0.5) is 24.9 Å². The number of fused-ring (bicyclic) bond motifs is 2. The van der Waals surface area contributed by atoms with E-state index in [9.17, 15) is 13.2 Å². The van der Waals surface area contributed by atoms with Gasteiger partial charge in [-0.3, -0.25) is 9.88 Å². The number of aryl methyl sites for hydroxylation is 1. The zero-order valence-corrected chi connectivity index (χ0v) is 22.0. The number of anilines is 2. The van der Waals surface area contributed by atoms with Crippen LogP contribution < -0.4 is 15.1 Å². The average molecular weight is 526 g/mol. The summed E-state index contributed by atoms with van der Waals surface area (Å²) in [6, 6.07) is 5.55. The summed E-state index contributed by atoms with van der Waals surface area (Å²) in [6.07, 6.45) is 1.71. The van der Waals surface area contributed by atoms with Crippen molar-refractivity contribution >= 4 is 22.7 Å². The van der Waals surface area contributed by atoms with E-state index < -0.39 is 12.6 Å². The number of likely N-dealkylation sites (N-methyl/N-ethyl adjacent to an activating group) is 1. The summed E-state index contributed by atoms with van der Waals surface area (Å²) in [6.45, 7) is 10.2. The van der Waals surface area contributed by atoms with E-state index in [4.69, 9.17) is 9.97 Å². The van der Waals surface area contributed by atoms with E-state index in [1.54, 1.807) is 24.4 Å². The molecule has 0 unspecified atom stereocenters. The molecule has 38 heavy (non-hydrogen) atoms. The highest BCUT2D eigenvalue weighted by Crippen LogP contribution is 2.47. The number of pyridine rings is 1. The molecule has 0 atom stereocenters. The molecule has 202 valence electrons. The van der Waals surface area contributed by atoms with Gasteiger partial charge in [0, 0.05) is 74.6 Å². The highest BCUT2D eigenvalue weighted by Gasteiger charge is 2.42. The minimum Gasteiger partial charge on any atom is -0.353 e. The number of nitrogens with zero attached hydrogens (tertiary/aromatic N) is 6. The van der Waals surface area contributed by atoms with Gasteiger partial charge in [0.25, 0.3) is 5.92 Å². The molecule has 2 aliphatic heterocycles. The molecule has 3 aliphatic rings. The van der Waals surface area contributed by atoms with Crippen molar-refractivity contribution in [1.82, 2.24) is 25.2 Å². The fourth-order valence-corrected chi connectivity index (χ4v) is 6.18. The zero-order chi connectivity index (χ0) is 26.4. The SMILES string of the molecule is CCN(CC)C1CN(c2nc(N3CCNCC3)c3cnc(-c4cccc5c4C(F)(F)CC5)c(CF)c3n2)C1. The zero-order valence-electron chi connectivity index (χ0n) is 22.0. The smallest absolute Gasteiger partial charge is 0.274 e. The number of benzene rings is 1. The molecule has 0 spiro atoms. The quantitative estimate of drug-likeness (QED) is 0.498. The summed E-state index contributed by atoms with van der Waals surface area (Å²) in [5.41, 5.74) is 1.84. The van der Waals surface area contributed by atoms with Gasteiger partial charge < -0.3 is 15.1 Å². The molecule has 4 heterocycles. The number of alkyl halides is 3. The van der Waals surface area contributed by atoms with Gasteiger partial charge in [0.15, 0.2) is 0 Å². The lowest BCUT2D eigenvalue weighted by atomic mass is 9.95. The van der Waals surface area contributed by atoms with Crippen LogP contribution in [0.1, 0.15) is 37.0 Å². The minimum absolute atomic E-state index is 0.0250. The summed E-state index contributed by atoms with van der Waals surface area (Å²) in [4.78, 5) is 21.2. The van der Waals surface area contributed by atoms with Crippen LogP contribution in [-0.2, 0) is 19.0 Å². The maximum absolute atomic E-state index is 15.0. The molecule has 1 aromatic carbocycles. The van der Waals surface area contributed by atoms with Crippen LogP contribution in [0.2, 0.25) is 0 Å². The molecule has 3 aromatic rings. The Bertz CT molecular complexity index is 1330. The standard InChI is InChI=1S/C28H34F3N7/c1-3-36(4-2)19-16-38(17-19)27-34-25-21(14-29)24(20-7-5-6-18-8-9-28(30,31)23(18)20)33-15-22(25)26(35-27)37-12-10-32-11-13-37/h5-7,15,19,32H,3-4,8-14,16-17H2,1-2H3. The molecular formula is C28H34F3N7. The molecule has 2 fully saturated rings. The Balaban J connectivity index is 1.49. The number of piperazine rings is 1. The summed E-state index contributed by atoms with van der Waals surface area (Å²) in [5, 5.41) is 4.02. The van der Waals surface area contributed by atoms with E-state index in [-0.39, 0.29) is 23.2 Å². The average Bonchev–Trinajstić information content (AvgIpc) is 3.24. The minimum atomic E-state index is -2.96. The van der Waals surface area contributed by atoms with E-state index >= 15 is 0 Å². The van der Waals surface area contributed by atoms with Crippen LogP contribution in [0, 0.1) is 0 Å². The van der Waals surface area contributed by atoms with E-state index in [0.29, 0.717) is 40.4 Å². The number of hydrogen-bond acceptors (Lipinski definition) is 7. The van der Waals surface area contributed by atoms with Crippen LogP contribution in [-0.4, -0.2) is 78.3 Å². The van der Waals surface area contributed by atoms with Crippen LogP contribution in [0.3, 0.4) is 0 Å². The van der Waals surface area contributed by atoms with Crippen molar-refractivity contribution in [2.24, 2.45) is 0 Å². The number of hydrogen-bond donors (Lipinski definition) is 1. The monoisotopic (exact) mass is 525 g/mol. The van der Waals surface area contributed by atoms with Gasteiger partial charge in [-0.25, -0.2) is 18.2 Å². The van der Waals surface area contributed by atoms with Gasteiger partial charge in [0.1, 0.15) is 12.5 Å². The van der Waals surface area contributed by atoms with Crippen molar-refractivity contribution in [3.05, 3.63) is 41.1 Å². The van der Waals surface area contributed by atoms with Crippen molar-refractivity contribution < 1.29 is 13.2 Å². The van der Waals surface area contributed by atoms with E-state index in [0.717, 1.165) is 58.2 Å². The summed E-state index contributed by atoms with van der Waals surface area (Å²) in [5.74, 6) is -1.67. The first kappa shape index (κ1) is 25.3. The molecule has 1 aliphatic carbocycles. The van der Waals surface area contributed by atoms with Crippen molar-refractivity contribution in [2.45, 2.75) is 45.3 Å². The fraction of sp³-hybridized carbons (Fsp3) is 0.536. The lowest BCUT2D eigenvalue weighted by molar-refractivity contribution is -0.00132. The predicted molar refractivity (Wildman–Crippen MR) is 144 cm³/mol. The van der Waals surface area contributed by atoms with Crippen LogP contribution in [0.5, 0.6) is 0 Å². The van der Waals surface area contributed by atoms with Gasteiger partial charge in [0.05, 0.1) is 16.6 Å². The molecular weight excluding hydrogens is 491 g/mol. The Morgan fingerprint density at radius 3 is 2.55 bits per heavy atom.